The molecule has 0 radical (unpaired) electrons. The average molecular weight is 390 g/mol. The Bertz CT molecular complexity index is 1130. The van der Waals surface area contributed by atoms with Gasteiger partial charge in [0.2, 0.25) is 0 Å². The van der Waals surface area contributed by atoms with E-state index >= 15 is 0 Å². The number of aromatic nitrogens is 5. The highest BCUT2D eigenvalue weighted by molar-refractivity contribution is 5.90. The molecule has 2 N–H and O–H groups in total. The molecule has 7 heteroatoms. The first kappa shape index (κ1) is 18.3. The monoisotopic (exact) mass is 389 g/mol. The van der Waals surface area contributed by atoms with Crippen molar-refractivity contribution in [2.24, 2.45) is 0 Å². The largest absolute Gasteiger partial charge is 0.353 e. The fourth-order valence-corrected chi connectivity index (χ4v) is 4.47. The van der Waals surface area contributed by atoms with E-state index in [0.717, 1.165) is 35.6 Å². The highest BCUT2D eigenvalue weighted by Crippen LogP contribution is 2.34. The van der Waals surface area contributed by atoms with Crippen molar-refractivity contribution in [3.63, 3.8) is 0 Å². The van der Waals surface area contributed by atoms with E-state index in [9.17, 15) is 0 Å². The predicted octanol–water partition coefficient (Wildman–Crippen LogP) is 2.98. The smallest absolute Gasteiger partial charge is 0.176 e. The lowest BCUT2D eigenvalue weighted by molar-refractivity contribution is 0.214. The first-order valence-electron chi connectivity index (χ1n) is 10.4. The molecule has 4 heterocycles. The standard InChI is InChI=1S/C22H27N7/c1-15-18-13-17(16-7-10-28(11-8-16)12-9-23-2)3-4-19(18)26-22(15)20-5-6-21-24-14-25-29(21)27-20/h3-6,13-14,16,23,26H,7-12H2,1-2H3. The molecule has 4 aromatic rings. The van der Waals surface area contributed by atoms with E-state index in [4.69, 9.17) is 0 Å². The first-order chi connectivity index (χ1) is 14.2. The molecule has 0 spiro atoms. The van der Waals surface area contributed by atoms with Crippen molar-refractivity contribution in [2.75, 3.05) is 33.2 Å². The third-order valence-electron chi connectivity index (χ3n) is 6.22. The zero-order valence-corrected chi connectivity index (χ0v) is 17.0. The number of nitrogens with zero attached hydrogens (tertiary/aromatic N) is 5. The van der Waals surface area contributed by atoms with E-state index in [1.54, 1.807) is 4.63 Å². The number of aryl methyl sites for hydroxylation is 1. The van der Waals surface area contributed by atoms with Crippen molar-refractivity contribution in [2.45, 2.75) is 25.7 Å². The van der Waals surface area contributed by atoms with Crippen LogP contribution in [0.25, 0.3) is 27.9 Å². The van der Waals surface area contributed by atoms with E-state index in [-0.39, 0.29) is 0 Å². The molecule has 29 heavy (non-hydrogen) atoms. The molecule has 7 nitrogen and oxygen atoms in total. The Labute approximate surface area is 170 Å². The lowest BCUT2D eigenvalue weighted by Crippen LogP contribution is -2.37. The van der Waals surface area contributed by atoms with Crippen LogP contribution in [-0.4, -0.2) is 62.9 Å². The summed E-state index contributed by atoms with van der Waals surface area (Å²) in [6.07, 6.45) is 3.99. The number of hydrogen-bond donors (Lipinski definition) is 2. The maximum Gasteiger partial charge on any atom is 0.176 e. The van der Waals surface area contributed by atoms with E-state index in [1.165, 1.54) is 48.8 Å². The number of aromatic amines is 1. The minimum absolute atomic E-state index is 0.646. The zero-order chi connectivity index (χ0) is 19.8. The van der Waals surface area contributed by atoms with Crippen LogP contribution in [0.5, 0.6) is 0 Å². The van der Waals surface area contributed by atoms with Crippen molar-refractivity contribution >= 4 is 16.6 Å². The van der Waals surface area contributed by atoms with Gasteiger partial charge in [0.15, 0.2) is 5.65 Å². The Morgan fingerprint density at radius 2 is 2.03 bits per heavy atom. The Hall–Kier alpha value is -2.77. The van der Waals surface area contributed by atoms with Crippen molar-refractivity contribution in [3.05, 3.63) is 47.8 Å². The van der Waals surface area contributed by atoms with E-state index in [2.05, 4.69) is 55.5 Å². The molecule has 0 saturated carbocycles. The molecule has 1 aliphatic rings. The topological polar surface area (TPSA) is 74.1 Å². The molecular formula is C22H27N7. The summed E-state index contributed by atoms with van der Waals surface area (Å²) in [4.78, 5) is 10.3. The maximum absolute atomic E-state index is 4.61. The highest BCUT2D eigenvalue weighted by atomic mass is 15.4. The van der Waals surface area contributed by atoms with Gasteiger partial charge in [-0.05, 0) is 81.2 Å². The van der Waals surface area contributed by atoms with Crippen LogP contribution in [0.4, 0.5) is 0 Å². The molecule has 1 aliphatic heterocycles. The fourth-order valence-electron chi connectivity index (χ4n) is 4.47. The third-order valence-corrected chi connectivity index (χ3v) is 6.22. The second-order valence-corrected chi connectivity index (χ2v) is 7.98. The Morgan fingerprint density at radius 1 is 1.17 bits per heavy atom. The van der Waals surface area contributed by atoms with Crippen LogP contribution in [0.1, 0.15) is 29.9 Å². The molecule has 0 bridgehead atoms. The second-order valence-electron chi connectivity index (χ2n) is 7.98. The van der Waals surface area contributed by atoms with Gasteiger partial charge in [-0.15, -0.1) is 14.8 Å². The Morgan fingerprint density at radius 3 is 2.86 bits per heavy atom. The lowest BCUT2D eigenvalue weighted by atomic mass is 9.88. The summed E-state index contributed by atoms with van der Waals surface area (Å²) in [5, 5.41) is 13.3. The van der Waals surface area contributed by atoms with Crippen molar-refractivity contribution < 1.29 is 0 Å². The number of fused-ring (bicyclic) bond motifs is 2. The number of H-pyrrole nitrogens is 1. The number of nitrogens with one attached hydrogen (secondary N) is 2. The van der Waals surface area contributed by atoms with E-state index in [1.807, 2.05) is 19.2 Å². The predicted molar refractivity (Wildman–Crippen MR) is 115 cm³/mol. The minimum Gasteiger partial charge on any atom is -0.353 e. The molecule has 3 aromatic heterocycles. The SMILES string of the molecule is CNCCN1CCC(c2ccc3[nH]c(-c4ccc5ncnn5n4)c(C)c3c2)CC1. The summed E-state index contributed by atoms with van der Waals surface area (Å²) >= 11 is 0. The number of rotatable bonds is 5. The van der Waals surface area contributed by atoms with Gasteiger partial charge < -0.3 is 15.2 Å². The number of likely N-dealkylation sites (N-methyl/N-ethyl adjacent to an activating group) is 1. The number of benzene rings is 1. The van der Waals surface area contributed by atoms with Crippen molar-refractivity contribution in [1.29, 1.82) is 0 Å². The van der Waals surface area contributed by atoms with Gasteiger partial charge in [0.1, 0.15) is 12.0 Å². The zero-order valence-electron chi connectivity index (χ0n) is 17.0. The van der Waals surface area contributed by atoms with Crippen LogP contribution in [0.2, 0.25) is 0 Å². The van der Waals surface area contributed by atoms with Gasteiger partial charge in [-0.3, -0.25) is 0 Å². The quantitative estimate of drug-likeness (QED) is 0.549. The second kappa shape index (κ2) is 7.57. The highest BCUT2D eigenvalue weighted by Gasteiger charge is 2.21. The van der Waals surface area contributed by atoms with E-state index < -0.39 is 0 Å². The molecule has 5 rings (SSSR count). The fraction of sp³-hybridized carbons (Fsp3) is 0.409. The number of likely N-dealkylation sites (tertiary alicyclic amines) is 1. The Kier molecular flexibility index (Phi) is 4.77. The normalized spacial score (nSPS) is 16.2. The van der Waals surface area contributed by atoms with Crippen LogP contribution in [0, 0.1) is 6.92 Å². The molecule has 0 atom stereocenters. The van der Waals surface area contributed by atoms with Crippen LogP contribution < -0.4 is 5.32 Å². The Balaban J connectivity index is 1.41. The molecule has 0 aliphatic carbocycles. The van der Waals surface area contributed by atoms with E-state index in [0.29, 0.717) is 5.92 Å². The molecule has 0 unspecified atom stereocenters. The van der Waals surface area contributed by atoms with Crippen LogP contribution in [0.3, 0.4) is 0 Å². The molecule has 150 valence electrons. The summed E-state index contributed by atoms with van der Waals surface area (Å²) < 4.78 is 1.58. The molecule has 0 amide bonds. The molecule has 1 fully saturated rings. The minimum atomic E-state index is 0.646. The summed E-state index contributed by atoms with van der Waals surface area (Å²) in [6.45, 7) is 6.75. The number of piperidine rings is 1. The van der Waals surface area contributed by atoms with Gasteiger partial charge in [0, 0.05) is 24.0 Å². The van der Waals surface area contributed by atoms with Gasteiger partial charge >= 0.3 is 0 Å². The van der Waals surface area contributed by atoms with Crippen molar-refractivity contribution in [1.82, 2.24) is 35.0 Å². The van der Waals surface area contributed by atoms with Gasteiger partial charge in [0.25, 0.3) is 0 Å². The van der Waals surface area contributed by atoms with Gasteiger partial charge in [-0.2, -0.15) is 0 Å². The van der Waals surface area contributed by atoms with Crippen LogP contribution >= 0.6 is 0 Å². The molecule has 1 saturated heterocycles. The summed E-state index contributed by atoms with van der Waals surface area (Å²) in [6, 6.07) is 10.9. The maximum atomic E-state index is 4.61. The van der Waals surface area contributed by atoms with Gasteiger partial charge in [0.05, 0.1) is 5.69 Å². The lowest BCUT2D eigenvalue weighted by Gasteiger charge is -2.32. The van der Waals surface area contributed by atoms with Crippen LogP contribution in [-0.2, 0) is 0 Å². The average Bonchev–Trinajstić information content (AvgIpc) is 3.36. The van der Waals surface area contributed by atoms with Crippen molar-refractivity contribution in [3.8, 4) is 11.4 Å². The summed E-state index contributed by atoms with van der Waals surface area (Å²) in [5.41, 5.74) is 6.55. The third kappa shape index (κ3) is 3.41. The number of hydrogen-bond acceptors (Lipinski definition) is 5. The molecule has 1 aromatic carbocycles. The summed E-state index contributed by atoms with van der Waals surface area (Å²) in [5.74, 6) is 0.646. The molecular weight excluding hydrogens is 362 g/mol. The first-order valence-corrected chi connectivity index (χ1v) is 10.4. The van der Waals surface area contributed by atoms with Crippen LogP contribution in [0.15, 0.2) is 36.7 Å². The van der Waals surface area contributed by atoms with Gasteiger partial charge in [-0.25, -0.2) is 4.98 Å². The summed E-state index contributed by atoms with van der Waals surface area (Å²) in [7, 11) is 2.02. The van der Waals surface area contributed by atoms with Gasteiger partial charge in [-0.1, -0.05) is 6.07 Å².